The lowest BCUT2D eigenvalue weighted by atomic mass is 10.2. The summed E-state index contributed by atoms with van der Waals surface area (Å²) in [6.45, 7) is 3.95. The molecule has 2 rings (SSSR count). The molecule has 1 aromatic heterocycles. The van der Waals surface area contributed by atoms with E-state index >= 15 is 0 Å². The molecule has 0 aliphatic carbocycles. The molecule has 0 bridgehead atoms. The lowest BCUT2D eigenvalue weighted by molar-refractivity contribution is 0.477. The van der Waals surface area contributed by atoms with Crippen LogP contribution in [-0.4, -0.2) is 4.98 Å². The van der Waals surface area contributed by atoms with Crippen LogP contribution in [-0.2, 0) is 6.54 Å². The van der Waals surface area contributed by atoms with Crippen LogP contribution < -0.4 is 5.32 Å². The zero-order valence-electron chi connectivity index (χ0n) is 10.4. The lowest BCUT2D eigenvalue weighted by Crippen LogP contribution is -2.02. The van der Waals surface area contributed by atoms with Gasteiger partial charge in [-0.3, -0.25) is 0 Å². The summed E-state index contributed by atoms with van der Waals surface area (Å²) >= 11 is 3.06. The van der Waals surface area contributed by atoms with Gasteiger partial charge in [-0.25, -0.2) is 9.37 Å². The minimum absolute atomic E-state index is 0.153. The quantitative estimate of drug-likeness (QED) is 0.935. The number of benzene rings is 1. The van der Waals surface area contributed by atoms with Gasteiger partial charge in [-0.1, -0.05) is 0 Å². The Morgan fingerprint density at radius 1 is 1.47 bits per heavy atom. The van der Waals surface area contributed by atoms with Gasteiger partial charge >= 0.3 is 0 Å². The number of rotatable bonds is 3. The second-order valence-corrected chi connectivity index (χ2v) is 4.80. The van der Waals surface area contributed by atoms with Crippen LogP contribution in [0.15, 0.2) is 21.0 Å². The number of halogens is 2. The summed E-state index contributed by atoms with van der Waals surface area (Å²) < 4.78 is 19.5. The van der Waals surface area contributed by atoms with Crippen LogP contribution in [0.5, 0.6) is 0 Å². The van der Waals surface area contributed by atoms with Crippen molar-refractivity contribution in [3.8, 4) is 6.07 Å². The number of nitrogens with zero attached hydrogens (tertiary/aromatic N) is 2. The highest BCUT2D eigenvalue weighted by molar-refractivity contribution is 9.10. The highest BCUT2D eigenvalue weighted by Crippen LogP contribution is 2.26. The van der Waals surface area contributed by atoms with Gasteiger partial charge in [0.2, 0.25) is 5.89 Å². The van der Waals surface area contributed by atoms with E-state index in [2.05, 4.69) is 26.2 Å². The van der Waals surface area contributed by atoms with Crippen LogP contribution in [0.4, 0.5) is 10.1 Å². The number of aromatic nitrogens is 1. The molecule has 0 aliphatic rings. The van der Waals surface area contributed by atoms with Crippen molar-refractivity contribution in [3.63, 3.8) is 0 Å². The third kappa shape index (κ3) is 2.76. The Morgan fingerprint density at radius 3 is 2.79 bits per heavy atom. The first-order valence-corrected chi connectivity index (χ1v) is 6.37. The molecule has 6 heteroatoms. The molecule has 0 spiro atoms. The molecule has 1 heterocycles. The van der Waals surface area contributed by atoms with Gasteiger partial charge in [-0.05, 0) is 41.9 Å². The van der Waals surface area contributed by atoms with Crippen molar-refractivity contribution >= 4 is 21.6 Å². The van der Waals surface area contributed by atoms with E-state index in [0.717, 1.165) is 11.5 Å². The van der Waals surface area contributed by atoms with Crippen molar-refractivity contribution < 1.29 is 8.81 Å². The Kier molecular flexibility index (Phi) is 3.86. The Balaban J connectivity index is 2.16. The molecule has 4 nitrogen and oxygen atoms in total. The van der Waals surface area contributed by atoms with E-state index in [1.165, 1.54) is 6.07 Å². The van der Waals surface area contributed by atoms with Crippen molar-refractivity contribution in [1.29, 1.82) is 5.26 Å². The summed E-state index contributed by atoms with van der Waals surface area (Å²) in [4.78, 5) is 4.20. The second kappa shape index (κ2) is 5.41. The van der Waals surface area contributed by atoms with E-state index in [9.17, 15) is 4.39 Å². The van der Waals surface area contributed by atoms with E-state index in [-0.39, 0.29) is 16.6 Å². The Morgan fingerprint density at radius 2 is 2.21 bits per heavy atom. The average molecular weight is 324 g/mol. The van der Waals surface area contributed by atoms with Gasteiger partial charge in [0.1, 0.15) is 11.8 Å². The zero-order valence-corrected chi connectivity index (χ0v) is 12.0. The molecular formula is C13H11BrFN3O. The summed E-state index contributed by atoms with van der Waals surface area (Å²) in [6.07, 6.45) is 0. The fourth-order valence-electron chi connectivity index (χ4n) is 1.56. The fourth-order valence-corrected chi connectivity index (χ4v) is 1.99. The molecule has 0 fully saturated rings. The van der Waals surface area contributed by atoms with Crippen LogP contribution in [0.2, 0.25) is 0 Å². The summed E-state index contributed by atoms with van der Waals surface area (Å²) in [6, 6.07) is 4.96. The Labute approximate surface area is 118 Å². The van der Waals surface area contributed by atoms with Crippen LogP contribution >= 0.6 is 15.9 Å². The third-order valence-corrected chi connectivity index (χ3v) is 3.48. The molecule has 1 aromatic carbocycles. The number of hydrogen-bond donors (Lipinski definition) is 1. The standard InChI is InChI=1S/C13H11BrFN3O/c1-7-8(2)19-11(18-7)6-17-10-4-3-9(5-16)12(14)13(10)15/h3-4,17H,6H2,1-2H3. The van der Waals surface area contributed by atoms with Crippen molar-refractivity contribution in [1.82, 2.24) is 4.98 Å². The lowest BCUT2D eigenvalue weighted by Gasteiger charge is -2.07. The van der Waals surface area contributed by atoms with E-state index in [4.69, 9.17) is 9.68 Å². The maximum atomic E-state index is 13.9. The molecule has 98 valence electrons. The third-order valence-electron chi connectivity index (χ3n) is 2.71. The summed E-state index contributed by atoms with van der Waals surface area (Å²) in [5.41, 5.74) is 1.36. The van der Waals surface area contributed by atoms with Crippen LogP contribution in [0.25, 0.3) is 0 Å². The van der Waals surface area contributed by atoms with Gasteiger partial charge in [0.25, 0.3) is 0 Å². The fraction of sp³-hybridized carbons (Fsp3) is 0.231. The molecule has 0 atom stereocenters. The van der Waals surface area contributed by atoms with Gasteiger partial charge < -0.3 is 9.73 Å². The SMILES string of the molecule is Cc1nc(CNc2ccc(C#N)c(Br)c2F)oc1C. The van der Waals surface area contributed by atoms with Crippen LogP contribution in [0, 0.1) is 31.0 Å². The zero-order chi connectivity index (χ0) is 14.0. The highest BCUT2D eigenvalue weighted by atomic mass is 79.9. The van der Waals surface area contributed by atoms with Crippen molar-refractivity contribution in [2.45, 2.75) is 20.4 Å². The first kappa shape index (κ1) is 13.6. The van der Waals surface area contributed by atoms with Crippen molar-refractivity contribution in [2.75, 3.05) is 5.32 Å². The minimum atomic E-state index is -0.501. The van der Waals surface area contributed by atoms with Gasteiger partial charge in [-0.15, -0.1) is 0 Å². The predicted molar refractivity (Wildman–Crippen MR) is 72.1 cm³/mol. The number of hydrogen-bond acceptors (Lipinski definition) is 4. The smallest absolute Gasteiger partial charge is 0.213 e. The number of oxazole rings is 1. The summed E-state index contributed by atoms with van der Waals surface area (Å²) in [7, 11) is 0. The van der Waals surface area contributed by atoms with Gasteiger partial charge in [0, 0.05) is 0 Å². The predicted octanol–water partition coefficient (Wildman–Crippen LogP) is 3.68. The van der Waals surface area contributed by atoms with Crippen LogP contribution in [0.3, 0.4) is 0 Å². The van der Waals surface area contributed by atoms with Gasteiger partial charge in [0.15, 0.2) is 5.82 Å². The van der Waals surface area contributed by atoms with Crippen molar-refractivity contribution in [3.05, 3.63) is 45.3 Å². The average Bonchev–Trinajstić information content (AvgIpc) is 2.71. The van der Waals surface area contributed by atoms with E-state index < -0.39 is 5.82 Å². The summed E-state index contributed by atoms with van der Waals surface area (Å²) in [5, 5.41) is 11.7. The van der Waals surface area contributed by atoms with E-state index in [1.807, 2.05) is 19.9 Å². The molecule has 1 N–H and O–H groups in total. The Bertz CT molecular complexity index is 641. The molecule has 0 unspecified atom stereocenters. The molecule has 0 aliphatic heterocycles. The maximum absolute atomic E-state index is 13.9. The monoisotopic (exact) mass is 323 g/mol. The minimum Gasteiger partial charge on any atom is -0.444 e. The van der Waals surface area contributed by atoms with E-state index in [1.54, 1.807) is 6.07 Å². The molecule has 0 radical (unpaired) electrons. The molecule has 0 amide bonds. The first-order valence-electron chi connectivity index (χ1n) is 5.57. The van der Waals surface area contributed by atoms with Gasteiger partial charge in [-0.2, -0.15) is 5.26 Å². The Hall–Kier alpha value is -1.87. The second-order valence-electron chi connectivity index (χ2n) is 4.00. The molecule has 0 saturated carbocycles. The number of aryl methyl sites for hydroxylation is 2. The topological polar surface area (TPSA) is 61.9 Å². The van der Waals surface area contributed by atoms with Gasteiger partial charge in [0.05, 0.1) is 28.0 Å². The number of nitrogens with one attached hydrogen (secondary N) is 1. The van der Waals surface area contributed by atoms with Crippen LogP contribution in [0.1, 0.15) is 22.9 Å². The van der Waals surface area contributed by atoms with Crippen molar-refractivity contribution in [2.24, 2.45) is 0 Å². The maximum Gasteiger partial charge on any atom is 0.213 e. The molecule has 19 heavy (non-hydrogen) atoms. The summed E-state index contributed by atoms with van der Waals surface area (Å²) in [5.74, 6) is 0.743. The normalized spacial score (nSPS) is 10.3. The van der Waals surface area contributed by atoms with E-state index in [0.29, 0.717) is 11.6 Å². The molecular weight excluding hydrogens is 313 g/mol. The number of anilines is 1. The molecule has 0 saturated heterocycles. The largest absolute Gasteiger partial charge is 0.444 e. The first-order chi connectivity index (χ1) is 9.02. The number of nitriles is 1. The highest BCUT2D eigenvalue weighted by Gasteiger charge is 2.12. The molecule has 2 aromatic rings.